The van der Waals surface area contributed by atoms with E-state index in [-0.39, 0.29) is 11.0 Å². The van der Waals surface area contributed by atoms with Crippen molar-refractivity contribution >= 4 is 34.5 Å². The van der Waals surface area contributed by atoms with Gasteiger partial charge in [0.25, 0.3) is 0 Å². The first-order chi connectivity index (χ1) is 7.53. The third-order valence-corrected chi connectivity index (χ3v) is 4.15. The lowest BCUT2D eigenvalue weighted by atomic mass is 9.74. The van der Waals surface area contributed by atoms with E-state index >= 15 is 0 Å². The lowest BCUT2D eigenvalue weighted by Gasteiger charge is -2.37. The molecule has 1 aliphatic rings. The summed E-state index contributed by atoms with van der Waals surface area (Å²) >= 11 is 10.2. The molecule has 0 radical (unpaired) electrons. The van der Waals surface area contributed by atoms with Crippen molar-refractivity contribution in [3.63, 3.8) is 0 Å². The fraction of sp³-hybridized carbons (Fsp3) is 0.818. The van der Waals surface area contributed by atoms with Gasteiger partial charge in [-0.15, -0.1) is 0 Å². The molecule has 1 aliphatic heterocycles. The maximum Gasteiger partial charge on any atom is 0.174 e. The van der Waals surface area contributed by atoms with E-state index in [9.17, 15) is 5.11 Å². The van der Waals surface area contributed by atoms with Crippen LogP contribution < -0.4 is 0 Å². The molecule has 0 aliphatic carbocycles. The maximum atomic E-state index is 9.74. The van der Waals surface area contributed by atoms with Crippen LogP contribution in [0.1, 0.15) is 26.7 Å². The third kappa shape index (κ3) is 2.70. The van der Waals surface area contributed by atoms with Gasteiger partial charge in [-0.1, -0.05) is 0 Å². The number of hydrogen-bond acceptors (Lipinski definition) is 4. The Labute approximate surface area is 107 Å². The second-order valence-electron chi connectivity index (χ2n) is 4.11. The molecule has 1 fully saturated rings. The van der Waals surface area contributed by atoms with E-state index in [1.54, 1.807) is 0 Å². The fourth-order valence-corrected chi connectivity index (χ4v) is 2.69. The summed E-state index contributed by atoms with van der Waals surface area (Å²) in [4.78, 5) is 0. The molecule has 3 nitrogen and oxygen atoms in total. The van der Waals surface area contributed by atoms with E-state index in [4.69, 9.17) is 33.9 Å². The first-order valence-electron chi connectivity index (χ1n) is 5.51. The average molecular weight is 262 g/mol. The summed E-state index contributed by atoms with van der Waals surface area (Å²) in [6.07, 6.45) is 1.70. The zero-order chi connectivity index (χ0) is 12.2. The van der Waals surface area contributed by atoms with Crippen molar-refractivity contribution in [2.24, 2.45) is 11.3 Å². The van der Waals surface area contributed by atoms with Gasteiger partial charge in [-0.2, -0.15) is 0 Å². The van der Waals surface area contributed by atoms with Crippen molar-refractivity contribution in [1.82, 2.24) is 0 Å². The van der Waals surface area contributed by atoms with Crippen LogP contribution >= 0.6 is 24.4 Å². The molecular weight excluding hydrogens is 244 g/mol. The molecule has 5 heteroatoms. The molecule has 1 unspecified atom stereocenters. The zero-order valence-electron chi connectivity index (χ0n) is 9.69. The van der Waals surface area contributed by atoms with Gasteiger partial charge >= 0.3 is 0 Å². The normalized spacial score (nSPS) is 21.1. The van der Waals surface area contributed by atoms with Crippen molar-refractivity contribution in [1.29, 1.82) is 0 Å². The van der Waals surface area contributed by atoms with E-state index in [1.807, 2.05) is 13.8 Å². The molecule has 1 rings (SSSR count). The predicted molar refractivity (Wildman–Crippen MR) is 71.1 cm³/mol. The molecule has 0 amide bonds. The van der Waals surface area contributed by atoms with Crippen LogP contribution in [0.15, 0.2) is 0 Å². The van der Waals surface area contributed by atoms with Crippen LogP contribution in [0.2, 0.25) is 0 Å². The number of thiocarbonyl (C=S) groups is 2. The van der Waals surface area contributed by atoms with Gasteiger partial charge < -0.3 is 14.6 Å². The number of hydrogen-bond donors (Lipinski definition) is 1. The van der Waals surface area contributed by atoms with Gasteiger partial charge in [0.05, 0.1) is 6.61 Å². The highest BCUT2D eigenvalue weighted by Crippen LogP contribution is 2.37. The second kappa shape index (κ2) is 5.89. The highest BCUT2D eigenvalue weighted by molar-refractivity contribution is 7.81. The molecule has 0 aromatic heterocycles. The summed E-state index contributed by atoms with van der Waals surface area (Å²) in [5, 5.41) is 10.1. The van der Waals surface area contributed by atoms with Gasteiger partial charge in [-0.3, -0.25) is 0 Å². The standard InChI is InChI=1S/C11H18O3S2/c1-3-14-10(16)11(2,9(12)15)8-4-6-13-7-5-8/h8H,3-7H2,1-2H3,(H,12,15). The maximum absolute atomic E-state index is 9.74. The molecule has 1 N–H and O–H groups in total. The minimum absolute atomic E-state index is 0.0714. The Hall–Kier alpha value is -0.260. The van der Waals surface area contributed by atoms with E-state index < -0.39 is 5.41 Å². The summed E-state index contributed by atoms with van der Waals surface area (Å²) in [5.74, 6) is 0.206. The van der Waals surface area contributed by atoms with Crippen LogP contribution in [0.25, 0.3) is 0 Å². The van der Waals surface area contributed by atoms with Gasteiger partial charge in [-0.25, -0.2) is 0 Å². The Morgan fingerprint density at radius 1 is 1.44 bits per heavy atom. The summed E-state index contributed by atoms with van der Waals surface area (Å²) < 4.78 is 10.7. The number of ether oxygens (including phenoxy) is 2. The van der Waals surface area contributed by atoms with Crippen molar-refractivity contribution in [3.05, 3.63) is 0 Å². The van der Waals surface area contributed by atoms with E-state index in [0.717, 1.165) is 12.8 Å². The lowest BCUT2D eigenvalue weighted by molar-refractivity contribution is 0.0442. The first-order valence-corrected chi connectivity index (χ1v) is 6.33. The van der Waals surface area contributed by atoms with E-state index in [1.165, 1.54) is 0 Å². The summed E-state index contributed by atoms with van der Waals surface area (Å²) in [6.45, 7) is 5.62. The van der Waals surface area contributed by atoms with E-state index in [2.05, 4.69) is 0 Å². The molecule has 0 bridgehead atoms. The van der Waals surface area contributed by atoms with Gasteiger partial charge in [0.1, 0.15) is 5.41 Å². The molecule has 1 heterocycles. The molecule has 0 saturated carbocycles. The van der Waals surface area contributed by atoms with Crippen LogP contribution in [-0.4, -0.2) is 35.0 Å². The van der Waals surface area contributed by atoms with Crippen molar-refractivity contribution in [2.45, 2.75) is 26.7 Å². The van der Waals surface area contributed by atoms with Crippen molar-refractivity contribution in [3.8, 4) is 0 Å². The van der Waals surface area contributed by atoms with Crippen molar-refractivity contribution in [2.75, 3.05) is 19.8 Å². The highest BCUT2D eigenvalue weighted by atomic mass is 32.1. The lowest BCUT2D eigenvalue weighted by Crippen LogP contribution is -2.44. The largest absolute Gasteiger partial charge is 0.501 e. The summed E-state index contributed by atoms with van der Waals surface area (Å²) in [5.41, 5.74) is -0.704. The van der Waals surface area contributed by atoms with Crippen LogP contribution in [0.3, 0.4) is 0 Å². The van der Waals surface area contributed by atoms with Crippen LogP contribution in [-0.2, 0) is 9.47 Å². The minimum atomic E-state index is -0.704. The van der Waals surface area contributed by atoms with Crippen molar-refractivity contribution < 1.29 is 14.6 Å². The van der Waals surface area contributed by atoms with Gasteiger partial charge in [0.15, 0.2) is 10.1 Å². The smallest absolute Gasteiger partial charge is 0.174 e. The van der Waals surface area contributed by atoms with Crippen LogP contribution in [0.5, 0.6) is 0 Å². The second-order valence-corrected chi connectivity index (χ2v) is 4.87. The summed E-state index contributed by atoms with van der Waals surface area (Å²) in [6, 6.07) is 0. The van der Waals surface area contributed by atoms with Gasteiger partial charge in [-0.05, 0) is 57.0 Å². The third-order valence-electron chi connectivity index (χ3n) is 3.18. The van der Waals surface area contributed by atoms with E-state index in [0.29, 0.717) is 24.9 Å². The Morgan fingerprint density at radius 2 is 2.00 bits per heavy atom. The topological polar surface area (TPSA) is 38.7 Å². The Morgan fingerprint density at radius 3 is 2.44 bits per heavy atom. The number of rotatable bonds is 4. The highest BCUT2D eigenvalue weighted by Gasteiger charge is 2.44. The molecule has 0 aromatic rings. The quantitative estimate of drug-likeness (QED) is 0.789. The number of aliphatic hydroxyl groups excluding tert-OH is 1. The number of aliphatic hydroxyl groups is 1. The fourth-order valence-electron chi connectivity index (χ4n) is 1.98. The van der Waals surface area contributed by atoms with Gasteiger partial charge in [0, 0.05) is 13.2 Å². The molecule has 1 atom stereocenters. The molecular formula is C11H18O3S2. The molecule has 0 spiro atoms. The molecule has 1 saturated heterocycles. The molecule has 16 heavy (non-hydrogen) atoms. The molecule has 0 aromatic carbocycles. The van der Waals surface area contributed by atoms with Crippen LogP contribution in [0.4, 0.5) is 0 Å². The summed E-state index contributed by atoms with van der Waals surface area (Å²) in [7, 11) is 0. The minimum Gasteiger partial charge on any atom is -0.501 e. The average Bonchev–Trinajstić information content (AvgIpc) is 2.29. The van der Waals surface area contributed by atoms with Gasteiger partial charge in [0.2, 0.25) is 0 Å². The predicted octanol–water partition coefficient (Wildman–Crippen LogP) is 2.67. The SMILES string of the molecule is CCOC(=S)C(C)(C(O)=S)C1CCOCC1. The Kier molecular flexibility index (Phi) is 5.08. The first kappa shape index (κ1) is 13.8. The molecule has 92 valence electrons. The van der Waals surface area contributed by atoms with Crippen LogP contribution in [0, 0.1) is 11.3 Å². The zero-order valence-corrected chi connectivity index (χ0v) is 11.3. The Balaban J connectivity index is 2.85. The monoisotopic (exact) mass is 262 g/mol. The Bertz CT molecular complexity index is 274.